The van der Waals surface area contributed by atoms with E-state index in [0.29, 0.717) is 23.2 Å². The van der Waals surface area contributed by atoms with Gasteiger partial charge in [-0.15, -0.1) is 11.3 Å². The summed E-state index contributed by atoms with van der Waals surface area (Å²) in [5.41, 5.74) is 0. The number of rotatable bonds is 2. The Bertz CT molecular complexity index is 727. The lowest BCUT2D eigenvalue weighted by Crippen LogP contribution is -2.37. The van der Waals surface area contributed by atoms with Crippen LogP contribution in [-0.2, 0) is 4.79 Å². The van der Waals surface area contributed by atoms with Crippen molar-refractivity contribution in [2.45, 2.75) is 19.4 Å². The van der Waals surface area contributed by atoms with Crippen LogP contribution in [0.2, 0.25) is 0 Å². The molecule has 21 heavy (non-hydrogen) atoms. The van der Waals surface area contributed by atoms with Gasteiger partial charge in [0.2, 0.25) is 0 Å². The molecule has 2 unspecified atom stereocenters. The predicted molar refractivity (Wildman–Crippen MR) is 78.0 cm³/mol. The molecule has 0 aliphatic carbocycles. The van der Waals surface area contributed by atoms with Crippen LogP contribution in [0.15, 0.2) is 24.3 Å². The van der Waals surface area contributed by atoms with Crippen molar-refractivity contribution in [3.8, 4) is 0 Å². The van der Waals surface area contributed by atoms with Crippen molar-refractivity contribution in [1.82, 2.24) is 4.90 Å². The van der Waals surface area contributed by atoms with E-state index < -0.39 is 11.9 Å². The smallest absolute Gasteiger partial charge is 0.308 e. The first-order chi connectivity index (χ1) is 9.99. The molecule has 0 saturated carbocycles. The van der Waals surface area contributed by atoms with Gasteiger partial charge in [-0.25, -0.2) is 4.39 Å². The van der Waals surface area contributed by atoms with Gasteiger partial charge in [-0.1, -0.05) is 6.07 Å². The zero-order valence-corrected chi connectivity index (χ0v) is 12.2. The van der Waals surface area contributed by atoms with E-state index in [4.69, 9.17) is 5.11 Å². The van der Waals surface area contributed by atoms with E-state index in [2.05, 4.69) is 0 Å². The van der Waals surface area contributed by atoms with Gasteiger partial charge in [-0.2, -0.15) is 0 Å². The van der Waals surface area contributed by atoms with Crippen molar-refractivity contribution in [2.24, 2.45) is 5.92 Å². The summed E-state index contributed by atoms with van der Waals surface area (Å²) in [5.74, 6) is -1.97. The van der Waals surface area contributed by atoms with E-state index in [-0.39, 0.29) is 17.8 Å². The third kappa shape index (κ3) is 2.29. The van der Waals surface area contributed by atoms with E-state index >= 15 is 0 Å². The van der Waals surface area contributed by atoms with Crippen molar-refractivity contribution in [1.29, 1.82) is 0 Å². The Morgan fingerprint density at radius 2 is 2.19 bits per heavy atom. The van der Waals surface area contributed by atoms with Gasteiger partial charge in [-0.05, 0) is 31.5 Å². The molecular formula is C15H14FNO3S. The highest BCUT2D eigenvalue weighted by atomic mass is 32.1. The van der Waals surface area contributed by atoms with Crippen LogP contribution in [0.1, 0.15) is 23.0 Å². The van der Waals surface area contributed by atoms with Crippen LogP contribution in [-0.4, -0.2) is 34.5 Å². The van der Waals surface area contributed by atoms with Crippen LogP contribution in [0.25, 0.3) is 10.1 Å². The number of hydrogen-bond acceptors (Lipinski definition) is 3. The molecular weight excluding hydrogens is 293 g/mol. The fourth-order valence-electron chi connectivity index (χ4n) is 2.83. The third-order valence-electron chi connectivity index (χ3n) is 4.05. The van der Waals surface area contributed by atoms with Crippen LogP contribution in [0.4, 0.5) is 4.39 Å². The van der Waals surface area contributed by atoms with Crippen molar-refractivity contribution in [3.05, 3.63) is 35.0 Å². The Balaban J connectivity index is 1.91. The molecule has 4 nitrogen and oxygen atoms in total. The Morgan fingerprint density at radius 3 is 2.81 bits per heavy atom. The highest BCUT2D eigenvalue weighted by Crippen LogP contribution is 2.31. The summed E-state index contributed by atoms with van der Waals surface area (Å²) in [4.78, 5) is 25.7. The van der Waals surface area contributed by atoms with Gasteiger partial charge in [-0.3, -0.25) is 9.59 Å². The van der Waals surface area contributed by atoms with Crippen LogP contribution in [0.3, 0.4) is 0 Å². The molecule has 0 radical (unpaired) electrons. The lowest BCUT2D eigenvalue weighted by molar-refractivity contribution is -0.142. The number of amides is 1. The van der Waals surface area contributed by atoms with E-state index in [9.17, 15) is 14.0 Å². The van der Waals surface area contributed by atoms with E-state index in [1.54, 1.807) is 30.0 Å². The number of fused-ring (bicyclic) bond motifs is 1. The minimum absolute atomic E-state index is 0.216. The van der Waals surface area contributed by atoms with Crippen LogP contribution in [0, 0.1) is 11.7 Å². The SMILES string of the molecule is CC1C(C(=O)O)CCN1C(=O)c1cc2c(F)cccc2s1. The second-order valence-electron chi connectivity index (χ2n) is 5.23. The number of carboxylic acids is 1. The Labute approximate surface area is 124 Å². The van der Waals surface area contributed by atoms with Crippen molar-refractivity contribution >= 4 is 33.3 Å². The van der Waals surface area contributed by atoms with Gasteiger partial charge in [0.1, 0.15) is 5.82 Å². The van der Waals surface area contributed by atoms with Gasteiger partial charge >= 0.3 is 5.97 Å². The maximum atomic E-state index is 13.7. The number of thiophene rings is 1. The second kappa shape index (κ2) is 5.11. The molecule has 6 heteroatoms. The molecule has 3 rings (SSSR count). The summed E-state index contributed by atoms with van der Waals surface area (Å²) < 4.78 is 14.4. The largest absolute Gasteiger partial charge is 0.481 e. The topological polar surface area (TPSA) is 57.6 Å². The monoisotopic (exact) mass is 307 g/mol. The number of hydrogen-bond donors (Lipinski definition) is 1. The van der Waals surface area contributed by atoms with Crippen molar-refractivity contribution < 1.29 is 19.1 Å². The number of carbonyl (C=O) groups is 2. The third-order valence-corrected chi connectivity index (χ3v) is 5.14. The van der Waals surface area contributed by atoms with Gasteiger partial charge in [0.15, 0.2) is 0 Å². The van der Waals surface area contributed by atoms with Crippen molar-refractivity contribution in [3.63, 3.8) is 0 Å². The zero-order valence-electron chi connectivity index (χ0n) is 11.4. The van der Waals surface area contributed by atoms with Crippen molar-refractivity contribution in [2.75, 3.05) is 6.54 Å². The van der Waals surface area contributed by atoms with Gasteiger partial charge in [0.25, 0.3) is 5.91 Å². The van der Waals surface area contributed by atoms with Gasteiger partial charge in [0, 0.05) is 22.7 Å². The summed E-state index contributed by atoms with van der Waals surface area (Å²) in [7, 11) is 0. The molecule has 1 fully saturated rings. The zero-order chi connectivity index (χ0) is 15.1. The molecule has 0 bridgehead atoms. The summed E-state index contributed by atoms with van der Waals surface area (Å²) >= 11 is 1.24. The molecule has 2 atom stereocenters. The van der Waals surface area contributed by atoms with E-state index in [0.717, 1.165) is 4.70 Å². The molecule has 1 aromatic carbocycles. The quantitative estimate of drug-likeness (QED) is 0.928. The molecule has 0 spiro atoms. The Kier molecular flexibility index (Phi) is 3.41. The minimum atomic E-state index is -0.875. The standard InChI is InChI=1S/C15H14FNO3S/c1-8-9(15(19)20)5-6-17(8)14(18)13-7-10-11(16)3-2-4-12(10)21-13/h2-4,7-9H,5-6H2,1H3,(H,19,20). The molecule has 2 heterocycles. The molecule has 2 aromatic rings. The van der Waals surface area contributed by atoms with Crippen LogP contribution in [0.5, 0.6) is 0 Å². The first-order valence-electron chi connectivity index (χ1n) is 6.71. The number of carboxylic acid groups (broad SMARTS) is 1. The van der Waals surface area contributed by atoms with Crippen LogP contribution < -0.4 is 0 Å². The first kappa shape index (κ1) is 14.0. The predicted octanol–water partition coefficient (Wildman–Crippen LogP) is 2.98. The fraction of sp³-hybridized carbons (Fsp3) is 0.333. The lowest BCUT2D eigenvalue weighted by Gasteiger charge is -2.22. The summed E-state index contributed by atoms with van der Waals surface area (Å²) in [6.07, 6.45) is 0.460. The highest BCUT2D eigenvalue weighted by molar-refractivity contribution is 7.20. The molecule has 1 saturated heterocycles. The van der Waals surface area contributed by atoms with Gasteiger partial charge in [0.05, 0.1) is 10.8 Å². The summed E-state index contributed by atoms with van der Waals surface area (Å²) in [5, 5.41) is 9.56. The average molecular weight is 307 g/mol. The van der Waals surface area contributed by atoms with E-state index in [1.165, 1.54) is 17.4 Å². The van der Waals surface area contributed by atoms with Crippen LogP contribution >= 0.6 is 11.3 Å². The Morgan fingerprint density at radius 1 is 1.43 bits per heavy atom. The number of likely N-dealkylation sites (tertiary alicyclic amines) is 1. The van der Waals surface area contributed by atoms with E-state index in [1.807, 2.05) is 0 Å². The normalized spacial score (nSPS) is 21.9. The number of benzene rings is 1. The second-order valence-corrected chi connectivity index (χ2v) is 6.32. The molecule has 110 valence electrons. The highest BCUT2D eigenvalue weighted by Gasteiger charge is 2.38. The average Bonchev–Trinajstić information content (AvgIpc) is 3.02. The molecule has 1 aliphatic heterocycles. The molecule has 1 aromatic heterocycles. The number of carbonyl (C=O) groups excluding carboxylic acids is 1. The Hall–Kier alpha value is -1.95. The number of halogens is 1. The summed E-state index contributed by atoms with van der Waals surface area (Å²) in [6.45, 7) is 2.17. The maximum absolute atomic E-state index is 13.7. The first-order valence-corrected chi connectivity index (χ1v) is 7.52. The lowest BCUT2D eigenvalue weighted by atomic mass is 10.0. The molecule has 1 amide bonds. The minimum Gasteiger partial charge on any atom is -0.481 e. The molecule has 1 aliphatic rings. The number of nitrogens with zero attached hydrogens (tertiary/aromatic N) is 1. The molecule has 1 N–H and O–H groups in total. The van der Waals surface area contributed by atoms with Gasteiger partial charge < -0.3 is 10.0 Å². The fourth-order valence-corrected chi connectivity index (χ4v) is 3.86. The maximum Gasteiger partial charge on any atom is 0.308 e. The summed E-state index contributed by atoms with van der Waals surface area (Å²) in [6, 6.07) is 5.96. The number of aliphatic carboxylic acids is 1.